The molecule has 96 valence electrons. The van der Waals surface area contributed by atoms with Crippen molar-refractivity contribution in [1.82, 2.24) is 4.98 Å². The highest BCUT2D eigenvalue weighted by Crippen LogP contribution is 2.31. The van der Waals surface area contributed by atoms with Gasteiger partial charge >= 0.3 is 0 Å². The third kappa shape index (κ3) is 1.82. The molecule has 0 aliphatic rings. The Morgan fingerprint density at radius 2 is 1.70 bits per heavy atom. The molecule has 0 aliphatic heterocycles. The quantitative estimate of drug-likeness (QED) is 0.468. The Morgan fingerprint density at radius 3 is 2.55 bits per heavy atom. The summed E-state index contributed by atoms with van der Waals surface area (Å²) in [4.78, 5) is 4.42. The van der Waals surface area contributed by atoms with E-state index in [9.17, 15) is 0 Å². The summed E-state index contributed by atoms with van der Waals surface area (Å²) < 4.78 is 6.88. The maximum absolute atomic E-state index is 5.90. The van der Waals surface area contributed by atoms with Crippen LogP contribution in [0.2, 0.25) is 0 Å². The fourth-order valence-electron chi connectivity index (χ4n) is 2.43. The van der Waals surface area contributed by atoms with Crippen molar-refractivity contribution in [2.45, 2.75) is 0 Å². The van der Waals surface area contributed by atoms with E-state index >= 15 is 0 Å². The van der Waals surface area contributed by atoms with Crippen molar-refractivity contribution in [2.75, 3.05) is 0 Å². The minimum Gasteiger partial charge on any atom is -0.456 e. The molecule has 0 saturated heterocycles. The van der Waals surface area contributed by atoms with Crippen LogP contribution in [0.3, 0.4) is 0 Å². The first-order valence-corrected chi connectivity index (χ1v) is 7.14. The molecule has 0 unspecified atom stereocenters. The Morgan fingerprint density at radius 1 is 0.850 bits per heavy atom. The number of fused-ring (bicyclic) bond motifs is 3. The molecule has 0 N–H and O–H groups in total. The summed E-state index contributed by atoms with van der Waals surface area (Å²) in [6, 6.07) is 18.3. The summed E-state index contributed by atoms with van der Waals surface area (Å²) in [5, 5.41) is 2.29. The van der Waals surface area contributed by atoms with E-state index in [1.54, 1.807) is 6.20 Å². The molecule has 0 bridgehead atoms. The van der Waals surface area contributed by atoms with Gasteiger partial charge in [-0.15, -0.1) is 0 Å². The maximum atomic E-state index is 5.90. The van der Waals surface area contributed by atoms with E-state index in [2.05, 4.69) is 39.1 Å². The zero-order valence-corrected chi connectivity index (χ0v) is 12.1. The van der Waals surface area contributed by atoms with Crippen molar-refractivity contribution in [3.05, 3.63) is 65.3 Å². The average molecular weight is 324 g/mol. The first kappa shape index (κ1) is 11.7. The molecule has 2 nitrogen and oxygen atoms in total. The molecule has 2 aromatic carbocycles. The van der Waals surface area contributed by atoms with E-state index in [4.69, 9.17) is 4.42 Å². The van der Waals surface area contributed by atoms with Crippen molar-refractivity contribution in [3.8, 4) is 11.3 Å². The number of nitrogens with zero attached hydrogens (tertiary/aromatic N) is 1. The van der Waals surface area contributed by atoms with E-state index in [1.165, 1.54) is 0 Å². The smallest absolute Gasteiger partial charge is 0.136 e. The van der Waals surface area contributed by atoms with Crippen molar-refractivity contribution in [2.24, 2.45) is 0 Å². The molecule has 0 aliphatic carbocycles. The minimum absolute atomic E-state index is 0.897. The Bertz CT molecular complexity index is 909. The normalized spacial score (nSPS) is 11.2. The van der Waals surface area contributed by atoms with E-state index in [1.807, 2.05) is 36.4 Å². The second kappa shape index (κ2) is 4.46. The molecule has 2 heterocycles. The number of hydrogen-bond acceptors (Lipinski definition) is 2. The molecule has 0 amide bonds. The maximum Gasteiger partial charge on any atom is 0.136 e. The fourth-order valence-corrected chi connectivity index (χ4v) is 2.67. The predicted octanol–water partition coefficient (Wildman–Crippen LogP) is 5.41. The van der Waals surface area contributed by atoms with Gasteiger partial charge in [-0.05, 0) is 46.3 Å². The Hall–Kier alpha value is -2.13. The molecule has 0 atom stereocenters. The highest BCUT2D eigenvalue weighted by Gasteiger charge is 2.08. The lowest BCUT2D eigenvalue weighted by Crippen LogP contribution is -1.82. The van der Waals surface area contributed by atoms with Gasteiger partial charge in [0.2, 0.25) is 0 Å². The van der Waals surface area contributed by atoms with Crippen LogP contribution < -0.4 is 0 Å². The molecule has 0 fully saturated rings. The Balaban J connectivity index is 1.94. The Labute approximate surface area is 124 Å². The predicted molar refractivity (Wildman–Crippen MR) is 84.7 cm³/mol. The number of rotatable bonds is 1. The molecular formula is C17H10BrNO. The van der Waals surface area contributed by atoms with Gasteiger partial charge in [-0.1, -0.05) is 24.3 Å². The molecule has 20 heavy (non-hydrogen) atoms. The van der Waals surface area contributed by atoms with Gasteiger partial charge in [0.25, 0.3) is 0 Å². The first-order valence-electron chi connectivity index (χ1n) is 6.34. The summed E-state index contributed by atoms with van der Waals surface area (Å²) in [6.45, 7) is 0. The number of aromatic nitrogens is 1. The van der Waals surface area contributed by atoms with Crippen LogP contribution in [-0.2, 0) is 0 Å². The monoisotopic (exact) mass is 323 g/mol. The lowest BCUT2D eigenvalue weighted by molar-refractivity contribution is 0.669. The second-order valence-electron chi connectivity index (χ2n) is 4.67. The van der Waals surface area contributed by atoms with Gasteiger partial charge in [0, 0.05) is 27.0 Å². The topological polar surface area (TPSA) is 26.0 Å². The van der Waals surface area contributed by atoms with Gasteiger partial charge < -0.3 is 4.42 Å². The van der Waals surface area contributed by atoms with Crippen LogP contribution >= 0.6 is 15.9 Å². The molecule has 0 spiro atoms. The third-order valence-electron chi connectivity index (χ3n) is 3.40. The molecule has 0 saturated carbocycles. The van der Waals surface area contributed by atoms with Crippen LogP contribution in [0.4, 0.5) is 0 Å². The largest absolute Gasteiger partial charge is 0.456 e. The minimum atomic E-state index is 0.897. The van der Waals surface area contributed by atoms with Crippen LogP contribution in [0.5, 0.6) is 0 Å². The molecule has 3 heteroatoms. The standard InChI is InChI=1S/C17H10BrNO/c18-12-6-8-15(19-10-12)11-5-7-14-13-3-1-2-4-16(13)20-17(14)9-11/h1-10H. The van der Waals surface area contributed by atoms with Crippen molar-refractivity contribution in [3.63, 3.8) is 0 Å². The number of halogens is 1. The fraction of sp³-hybridized carbons (Fsp3) is 0. The number of furan rings is 1. The third-order valence-corrected chi connectivity index (χ3v) is 3.87. The van der Waals surface area contributed by atoms with Gasteiger partial charge in [0.15, 0.2) is 0 Å². The van der Waals surface area contributed by atoms with Gasteiger partial charge in [-0.3, -0.25) is 4.98 Å². The molecule has 4 aromatic rings. The summed E-state index contributed by atoms with van der Waals surface area (Å²) in [7, 11) is 0. The average Bonchev–Trinajstić information content (AvgIpc) is 2.85. The number of pyridine rings is 1. The zero-order valence-electron chi connectivity index (χ0n) is 10.5. The highest BCUT2D eigenvalue weighted by molar-refractivity contribution is 9.10. The van der Waals surface area contributed by atoms with Gasteiger partial charge in [0.1, 0.15) is 11.2 Å². The lowest BCUT2D eigenvalue weighted by atomic mass is 10.1. The zero-order chi connectivity index (χ0) is 13.5. The number of benzene rings is 2. The van der Waals surface area contributed by atoms with Crippen molar-refractivity contribution < 1.29 is 4.42 Å². The first-order chi connectivity index (χ1) is 9.81. The van der Waals surface area contributed by atoms with Crippen LogP contribution in [0.15, 0.2) is 69.7 Å². The van der Waals surface area contributed by atoms with Crippen LogP contribution in [-0.4, -0.2) is 4.98 Å². The molecular weight excluding hydrogens is 314 g/mol. The Kier molecular flexibility index (Phi) is 2.60. The van der Waals surface area contributed by atoms with Crippen LogP contribution in [0, 0.1) is 0 Å². The molecule has 4 rings (SSSR count). The summed E-state index contributed by atoms with van der Waals surface area (Å²) in [6.07, 6.45) is 1.80. The van der Waals surface area contributed by atoms with Crippen LogP contribution in [0.1, 0.15) is 0 Å². The molecule has 0 radical (unpaired) electrons. The van der Waals surface area contributed by atoms with Gasteiger partial charge in [0.05, 0.1) is 5.69 Å². The van der Waals surface area contributed by atoms with E-state index < -0.39 is 0 Å². The SMILES string of the molecule is Brc1ccc(-c2ccc3c(c2)oc2ccccc23)nc1. The van der Waals surface area contributed by atoms with Crippen LogP contribution in [0.25, 0.3) is 33.2 Å². The van der Waals surface area contributed by atoms with E-state index in [0.29, 0.717) is 0 Å². The van der Waals surface area contributed by atoms with Gasteiger partial charge in [-0.25, -0.2) is 0 Å². The van der Waals surface area contributed by atoms with Crippen molar-refractivity contribution >= 4 is 37.9 Å². The van der Waals surface area contributed by atoms with E-state index in [-0.39, 0.29) is 0 Å². The lowest BCUT2D eigenvalue weighted by Gasteiger charge is -2.00. The summed E-state index contributed by atoms with van der Waals surface area (Å²) in [5.41, 5.74) is 3.82. The van der Waals surface area contributed by atoms with E-state index in [0.717, 1.165) is 37.7 Å². The highest BCUT2D eigenvalue weighted by atomic mass is 79.9. The number of para-hydroxylation sites is 1. The second-order valence-corrected chi connectivity index (χ2v) is 5.59. The van der Waals surface area contributed by atoms with Crippen molar-refractivity contribution in [1.29, 1.82) is 0 Å². The number of hydrogen-bond donors (Lipinski definition) is 0. The van der Waals surface area contributed by atoms with Gasteiger partial charge in [-0.2, -0.15) is 0 Å². The summed E-state index contributed by atoms with van der Waals surface area (Å²) >= 11 is 3.40. The summed E-state index contributed by atoms with van der Waals surface area (Å²) in [5.74, 6) is 0. The molecule has 2 aromatic heterocycles.